The van der Waals surface area contributed by atoms with E-state index in [0.29, 0.717) is 11.3 Å². The number of aliphatic imine (C=N–C) groups is 1. The van der Waals surface area contributed by atoms with Gasteiger partial charge in [-0.3, -0.25) is 9.79 Å². The first-order valence-electron chi connectivity index (χ1n) is 4.85. The van der Waals surface area contributed by atoms with Gasteiger partial charge >= 0.3 is 5.97 Å². The Morgan fingerprint density at radius 2 is 2.25 bits per heavy atom. The van der Waals surface area contributed by atoms with E-state index < -0.39 is 17.7 Å². The molecule has 1 aromatic carbocycles. The summed E-state index contributed by atoms with van der Waals surface area (Å²) in [5.74, 6) is -1.21. The molecule has 0 aliphatic carbocycles. The van der Waals surface area contributed by atoms with Gasteiger partial charge in [0, 0.05) is 18.2 Å². The van der Waals surface area contributed by atoms with Gasteiger partial charge in [0.2, 0.25) is 0 Å². The van der Waals surface area contributed by atoms with Gasteiger partial charge in [0.1, 0.15) is 6.04 Å². The number of rotatable bonds is 3. The molecule has 0 radical (unpaired) electrons. The second-order valence-electron chi connectivity index (χ2n) is 3.79. The molecule has 1 heterocycles. The highest BCUT2D eigenvalue weighted by Crippen LogP contribution is 2.40. The third kappa shape index (κ3) is 1.69. The van der Waals surface area contributed by atoms with Crippen LogP contribution in [0.5, 0.6) is 0 Å². The first-order chi connectivity index (χ1) is 7.53. The van der Waals surface area contributed by atoms with Gasteiger partial charge in [-0.25, -0.2) is 4.39 Å². The lowest BCUT2D eigenvalue weighted by molar-refractivity contribution is -0.139. The van der Waals surface area contributed by atoms with E-state index in [1.165, 1.54) is 0 Å². The monoisotopic (exact) mass is 222 g/mol. The molecule has 2 atom stereocenters. The zero-order valence-corrected chi connectivity index (χ0v) is 8.43. The smallest absolute Gasteiger partial charge is 0.320 e. The lowest BCUT2D eigenvalue weighted by Gasteiger charge is -2.20. The summed E-state index contributed by atoms with van der Waals surface area (Å²) in [6, 6.07) is 5.48. The number of hydrogen-bond acceptors (Lipinski definition) is 3. The van der Waals surface area contributed by atoms with Crippen LogP contribution in [-0.4, -0.2) is 23.3 Å². The van der Waals surface area contributed by atoms with E-state index in [-0.39, 0.29) is 6.42 Å². The van der Waals surface area contributed by atoms with Crippen molar-refractivity contribution in [2.24, 2.45) is 10.7 Å². The van der Waals surface area contributed by atoms with Crippen LogP contribution in [0.3, 0.4) is 0 Å². The van der Waals surface area contributed by atoms with Gasteiger partial charge in [-0.2, -0.15) is 0 Å². The van der Waals surface area contributed by atoms with Crippen LogP contribution in [0.25, 0.3) is 0 Å². The van der Waals surface area contributed by atoms with Crippen molar-refractivity contribution in [2.45, 2.75) is 18.1 Å². The summed E-state index contributed by atoms with van der Waals surface area (Å²) in [5, 5.41) is 8.67. The molecule has 3 N–H and O–H groups in total. The minimum absolute atomic E-state index is 0.303. The van der Waals surface area contributed by atoms with Crippen LogP contribution in [-0.2, 0) is 10.5 Å². The Kier molecular flexibility index (Phi) is 2.47. The first-order valence-corrected chi connectivity index (χ1v) is 4.85. The van der Waals surface area contributed by atoms with Crippen LogP contribution in [0.4, 0.5) is 10.1 Å². The number of hydrogen-bond donors (Lipinski definition) is 2. The molecule has 1 unspecified atom stereocenters. The van der Waals surface area contributed by atoms with Crippen LogP contribution in [0.2, 0.25) is 0 Å². The molecular weight excluding hydrogens is 211 g/mol. The standard InChI is InChI=1S/C11H11FN2O2/c12-11(5-8(13)10(15)16)6-14-9-4-2-1-3-7(9)11/h1-4,6,8H,5,13H2,(H,15,16)/t8-,11?/m0/s1. The van der Waals surface area contributed by atoms with Crippen molar-refractivity contribution in [3.63, 3.8) is 0 Å². The number of fused-ring (bicyclic) bond motifs is 1. The van der Waals surface area contributed by atoms with E-state index >= 15 is 0 Å². The lowest BCUT2D eigenvalue weighted by Crippen LogP contribution is -2.37. The number of carbonyl (C=O) groups is 1. The number of aliphatic carboxylic acids is 1. The molecule has 0 amide bonds. The second kappa shape index (κ2) is 3.68. The van der Waals surface area contributed by atoms with Crippen LogP contribution >= 0.6 is 0 Å². The van der Waals surface area contributed by atoms with E-state index in [1.807, 2.05) is 0 Å². The highest BCUT2D eigenvalue weighted by atomic mass is 19.1. The minimum Gasteiger partial charge on any atom is -0.480 e. The van der Waals surface area contributed by atoms with Gasteiger partial charge < -0.3 is 10.8 Å². The SMILES string of the molecule is N[C@@H](CC1(F)C=Nc2ccccc21)C(=O)O. The van der Waals surface area contributed by atoms with E-state index in [2.05, 4.69) is 4.99 Å². The second-order valence-corrected chi connectivity index (χ2v) is 3.79. The molecule has 1 aliphatic heterocycles. The average Bonchev–Trinajstić information content (AvgIpc) is 2.57. The van der Waals surface area contributed by atoms with Crippen LogP contribution in [0.1, 0.15) is 12.0 Å². The van der Waals surface area contributed by atoms with Crippen molar-refractivity contribution in [3.05, 3.63) is 29.8 Å². The summed E-state index contributed by atoms with van der Waals surface area (Å²) in [4.78, 5) is 14.5. The van der Waals surface area contributed by atoms with Crippen molar-refractivity contribution in [1.82, 2.24) is 0 Å². The van der Waals surface area contributed by atoms with Crippen molar-refractivity contribution < 1.29 is 14.3 Å². The number of benzene rings is 1. The normalized spacial score (nSPS) is 24.1. The van der Waals surface area contributed by atoms with Crippen LogP contribution < -0.4 is 5.73 Å². The molecule has 0 saturated carbocycles. The molecule has 16 heavy (non-hydrogen) atoms. The molecular formula is C11H11FN2O2. The van der Waals surface area contributed by atoms with E-state index in [0.717, 1.165) is 6.21 Å². The summed E-state index contributed by atoms with van der Waals surface area (Å²) >= 11 is 0. The highest BCUT2D eigenvalue weighted by Gasteiger charge is 2.39. The summed E-state index contributed by atoms with van der Waals surface area (Å²) in [6.07, 6.45) is 0.823. The fourth-order valence-corrected chi connectivity index (χ4v) is 1.75. The van der Waals surface area contributed by atoms with Crippen molar-refractivity contribution in [2.75, 3.05) is 0 Å². The number of carboxylic acids is 1. The number of halogens is 1. The fourth-order valence-electron chi connectivity index (χ4n) is 1.75. The molecule has 0 bridgehead atoms. The number of alkyl halides is 1. The highest BCUT2D eigenvalue weighted by molar-refractivity contribution is 5.84. The van der Waals surface area contributed by atoms with Crippen LogP contribution in [0.15, 0.2) is 29.3 Å². The third-order valence-electron chi connectivity index (χ3n) is 2.59. The Labute approximate surface area is 91.6 Å². The van der Waals surface area contributed by atoms with E-state index in [4.69, 9.17) is 10.8 Å². The summed E-state index contributed by atoms with van der Waals surface area (Å²) in [6.45, 7) is 0. The maximum atomic E-state index is 14.4. The van der Waals surface area contributed by atoms with Gasteiger partial charge in [-0.15, -0.1) is 0 Å². The molecule has 1 aliphatic rings. The van der Waals surface area contributed by atoms with Crippen LogP contribution in [0, 0.1) is 0 Å². The van der Waals surface area contributed by atoms with Crippen molar-refractivity contribution in [1.29, 1.82) is 0 Å². The Bertz CT molecular complexity index is 461. The molecule has 0 fully saturated rings. The summed E-state index contributed by atoms with van der Waals surface area (Å²) in [7, 11) is 0. The zero-order valence-electron chi connectivity index (χ0n) is 8.43. The average molecular weight is 222 g/mol. The quantitative estimate of drug-likeness (QED) is 0.810. The van der Waals surface area contributed by atoms with Gasteiger partial charge in [0.15, 0.2) is 5.67 Å². The molecule has 84 valence electrons. The number of nitrogens with zero attached hydrogens (tertiary/aromatic N) is 1. The Hall–Kier alpha value is -1.75. The maximum absolute atomic E-state index is 14.4. The summed E-state index contributed by atoms with van der Waals surface area (Å²) < 4.78 is 14.4. The topological polar surface area (TPSA) is 75.7 Å². The number of carboxylic acid groups (broad SMARTS) is 1. The minimum atomic E-state index is -1.87. The number of para-hydroxylation sites is 1. The maximum Gasteiger partial charge on any atom is 0.320 e. The largest absolute Gasteiger partial charge is 0.480 e. The lowest BCUT2D eigenvalue weighted by atomic mass is 9.91. The number of nitrogens with two attached hydrogens (primary N) is 1. The summed E-state index contributed by atoms with van der Waals surface area (Å²) in [5.41, 5.74) is 4.38. The molecule has 2 rings (SSSR count). The Morgan fingerprint density at radius 3 is 2.94 bits per heavy atom. The third-order valence-corrected chi connectivity index (χ3v) is 2.59. The first kappa shape index (κ1) is 10.8. The fraction of sp³-hybridized carbons (Fsp3) is 0.273. The molecule has 1 aromatic rings. The Balaban J connectivity index is 2.29. The molecule has 0 aromatic heterocycles. The van der Waals surface area contributed by atoms with Gasteiger partial charge in [-0.05, 0) is 6.07 Å². The molecule has 0 spiro atoms. The molecule has 4 nitrogen and oxygen atoms in total. The molecule has 5 heteroatoms. The van der Waals surface area contributed by atoms with Gasteiger partial charge in [0.05, 0.1) is 5.69 Å². The van der Waals surface area contributed by atoms with Crippen molar-refractivity contribution >= 4 is 17.9 Å². The molecule has 0 saturated heterocycles. The van der Waals surface area contributed by atoms with Gasteiger partial charge in [0.25, 0.3) is 0 Å². The van der Waals surface area contributed by atoms with Crippen molar-refractivity contribution in [3.8, 4) is 0 Å². The predicted molar refractivity (Wildman–Crippen MR) is 57.6 cm³/mol. The van der Waals surface area contributed by atoms with Gasteiger partial charge in [-0.1, -0.05) is 18.2 Å². The zero-order chi connectivity index (χ0) is 11.8. The Morgan fingerprint density at radius 1 is 1.56 bits per heavy atom. The predicted octanol–water partition coefficient (Wildman–Crippen LogP) is 1.37. The van der Waals surface area contributed by atoms with E-state index in [1.54, 1.807) is 24.3 Å². The van der Waals surface area contributed by atoms with E-state index in [9.17, 15) is 9.18 Å².